The number of benzene rings is 1. The van der Waals surface area contributed by atoms with Crippen molar-refractivity contribution in [2.45, 2.75) is 51.6 Å². The van der Waals surface area contributed by atoms with Crippen LogP contribution in [0.3, 0.4) is 0 Å². The molecule has 1 aromatic rings. The van der Waals surface area contributed by atoms with Crippen LogP contribution in [-0.4, -0.2) is 37.2 Å². The minimum Gasteiger partial charge on any atom is -0.497 e. The summed E-state index contributed by atoms with van der Waals surface area (Å²) in [4.78, 5) is 2.64. The Morgan fingerprint density at radius 3 is 2.67 bits per heavy atom. The van der Waals surface area contributed by atoms with Gasteiger partial charge in [0.1, 0.15) is 5.75 Å². The van der Waals surface area contributed by atoms with Crippen molar-refractivity contribution in [2.75, 3.05) is 20.2 Å². The van der Waals surface area contributed by atoms with Gasteiger partial charge in [-0.1, -0.05) is 19.1 Å². The van der Waals surface area contributed by atoms with Gasteiger partial charge in [-0.25, -0.2) is 0 Å². The third kappa shape index (κ3) is 4.21. The summed E-state index contributed by atoms with van der Waals surface area (Å²) in [6, 6.07) is 9.60. The first-order chi connectivity index (χ1) is 10.2. The van der Waals surface area contributed by atoms with E-state index < -0.39 is 0 Å². The fourth-order valence-corrected chi connectivity index (χ4v) is 3.53. The lowest BCUT2D eigenvalue weighted by molar-refractivity contribution is 0.0658. The molecule has 0 aliphatic carbocycles. The first kappa shape index (κ1) is 16.3. The Kier molecular flexibility index (Phi) is 6.07. The molecule has 0 amide bonds. The van der Waals surface area contributed by atoms with Gasteiger partial charge in [-0.15, -0.1) is 0 Å². The monoisotopic (exact) mass is 290 g/mol. The zero-order valence-corrected chi connectivity index (χ0v) is 13.7. The molecule has 21 heavy (non-hydrogen) atoms. The zero-order chi connectivity index (χ0) is 15.2. The summed E-state index contributed by atoms with van der Waals surface area (Å²) in [5, 5.41) is 0. The van der Waals surface area contributed by atoms with Crippen LogP contribution in [0.4, 0.5) is 0 Å². The smallest absolute Gasteiger partial charge is 0.118 e. The molecule has 1 aliphatic rings. The van der Waals surface area contributed by atoms with Crippen LogP contribution in [0.2, 0.25) is 0 Å². The van der Waals surface area contributed by atoms with E-state index in [4.69, 9.17) is 10.5 Å². The fourth-order valence-electron chi connectivity index (χ4n) is 3.53. The van der Waals surface area contributed by atoms with E-state index >= 15 is 0 Å². The van der Waals surface area contributed by atoms with Crippen LogP contribution in [0.25, 0.3) is 0 Å². The Morgan fingerprint density at radius 1 is 1.33 bits per heavy atom. The maximum absolute atomic E-state index is 6.01. The van der Waals surface area contributed by atoms with Gasteiger partial charge >= 0.3 is 0 Å². The van der Waals surface area contributed by atoms with E-state index in [9.17, 15) is 0 Å². The second-order valence-corrected chi connectivity index (χ2v) is 6.40. The molecule has 0 radical (unpaired) electrons. The molecule has 1 aliphatic heterocycles. The first-order valence-corrected chi connectivity index (χ1v) is 8.24. The highest BCUT2D eigenvalue weighted by molar-refractivity contribution is 5.27. The fraction of sp³-hybridized carbons (Fsp3) is 0.667. The maximum atomic E-state index is 6.01. The largest absolute Gasteiger partial charge is 0.497 e. The van der Waals surface area contributed by atoms with Crippen LogP contribution >= 0.6 is 0 Å². The second-order valence-electron chi connectivity index (χ2n) is 6.40. The summed E-state index contributed by atoms with van der Waals surface area (Å²) in [6.45, 7) is 6.69. The number of aryl methyl sites for hydroxylation is 1. The van der Waals surface area contributed by atoms with Gasteiger partial charge in [-0.05, 0) is 62.8 Å². The highest BCUT2D eigenvalue weighted by Gasteiger charge is 2.30. The number of nitrogens with zero attached hydrogens (tertiary/aromatic N) is 1. The van der Waals surface area contributed by atoms with Gasteiger partial charge in [0.25, 0.3) is 0 Å². The van der Waals surface area contributed by atoms with Crippen LogP contribution in [0.5, 0.6) is 5.75 Å². The molecular weight excluding hydrogens is 260 g/mol. The summed E-state index contributed by atoms with van der Waals surface area (Å²) >= 11 is 0. The third-order valence-corrected chi connectivity index (χ3v) is 4.98. The molecule has 3 unspecified atom stereocenters. The van der Waals surface area contributed by atoms with Gasteiger partial charge in [0.2, 0.25) is 0 Å². The minimum atomic E-state index is 0.560. The van der Waals surface area contributed by atoms with E-state index in [0.29, 0.717) is 12.1 Å². The topological polar surface area (TPSA) is 38.5 Å². The lowest BCUT2D eigenvalue weighted by Gasteiger charge is -2.43. The summed E-state index contributed by atoms with van der Waals surface area (Å²) < 4.78 is 5.21. The number of ether oxygens (including phenoxy) is 1. The Balaban J connectivity index is 1.89. The average Bonchev–Trinajstić information content (AvgIpc) is 2.52. The summed E-state index contributed by atoms with van der Waals surface area (Å²) in [6.07, 6.45) is 4.94. The van der Waals surface area contributed by atoms with Crippen molar-refractivity contribution in [1.29, 1.82) is 0 Å². The summed E-state index contributed by atoms with van der Waals surface area (Å²) in [5.41, 5.74) is 7.39. The van der Waals surface area contributed by atoms with E-state index in [1.165, 1.54) is 31.4 Å². The molecule has 0 spiro atoms. The normalized spacial score (nSPS) is 24.8. The van der Waals surface area contributed by atoms with Crippen LogP contribution in [0, 0.1) is 5.92 Å². The molecule has 1 heterocycles. The molecular formula is C18H30N2O. The molecule has 1 saturated heterocycles. The number of rotatable bonds is 6. The molecule has 0 bridgehead atoms. The Labute approximate surface area is 129 Å². The lowest BCUT2D eigenvalue weighted by atomic mass is 9.89. The van der Waals surface area contributed by atoms with E-state index in [1.54, 1.807) is 7.11 Å². The Morgan fingerprint density at radius 2 is 2.05 bits per heavy atom. The Bertz CT molecular complexity index is 418. The molecule has 0 aromatic heterocycles. The van der Waals surface area contributed by atoms with Crippen LogP contribution in [0.15, 0.2) is 24.3 Å². The van der Waals surface area contributed by atoms with E-state index in [-0.39, 0.29) is 0 Å². The molecule has 0 saturated carbocycles. The van der Waals surface area contributed by atoms with Gasteiger partial charge in [-0.2, -0.15) is 0 Å². The van der Waals surface area contributed by atoms with E-state index in [1.807, 2.05) is 12.1 Å². The predicted octanol–water partition coefficient (Wildman–Crippen LogP) is 3.08. The van der Waals surface area contributed by atoms with Crippen molar-refractivity contribution >= 4 is 0 Å². The highest BCUT2D eigenvalue weighted by Crippen LogP contribution is 2.26. The average molecular weight is 290 g/mol. The van der Waals surface area contributed by atoms with Crippen molar-refractivity contribution in [3.63, 3.8) is 0 Å². The molecule has 2 rings (SSSR count). The van der Waals surface area contributed by atoms with E-state index in [2.05, 4.69) is 30.9 Å². The van der Waals surface area contributed by atoms with Crippen molar-refractivity contribution in [3.8, 4) is 5.75 Å². The molecule has 3 nitrogen and oxygen atoms in total. The van der Waals surface area contributed by atoms with Crippen LogP contribution in [-0.2, 0) is 6.42 Å². The number of nitrogens with two attached hydrogens (primary N) is 1. The van der Waals surface area contributed by atoms with Crippen LogP contribution < -0.4 is 10.5 Å². The standard InChI is InChI=1S/C18H30N2O/c1-14-5-4-12-20(18(14)13-19)15(2)6-7-16-8-10-17(21-3)11-9-16/h8-11,14-15,18H,4-7,12-13,19H2,1-3H3. The molecule has 1 fully saturated rings. The lowest BCUT2D eigenvalue weighted by Crippen LogP contribution is -2.52. The quantitative estimate of drug-likeness (QED) is 0.875. The minimum absolute atomic E-state index is 0.560. The maximum Gasteiger partial charge on any atom is 0.118 e. The number of hydrogen-bond donors (Lipinski definition) is 1. The van der Waals surface area contributed by atoms with Gasteiger partial charge in [0.05, 0.1) is 7.11 Å². The van der Waals surface area contributed by atoms with Crippen molar-refractivity contribution in [3.05, 3.63) is 29.8 Å². The van der Waals surface area contributed by atoms with Crippen LogP contribution in [0.1, 0.15) is 38.7 Å². The molecule has 118 valence electrons. The first-order valence-electron chi connectivity index (χ1n) is 8.24. The summed E-state index contributed by atoms with van der Waals surface area (Å²) in [7, 11) is 1.71. The van der Waals surface area contributed by atoms with Gasteiger partial charge in [0.15, 0.2) is 0 Å². The molecule has 3 atom stereocenters. The second kappa shape index (κ2) is 7.81. The predicted molar refractivity (Wildman–Crippen MR) is 88.7 cm³/mol. The highest BCUT2D eigenvalue weighted by atomic mass is 16.5. The molecule has 1 aromatic carbocycles. The van der Waals surface area contributed by atoms with Gasteiger partial charge in [-0.3, -0.25) is 4.90 Å². The summed E-state index contributed by atoms with van der Waals surface area (Å²) in [5.74, 6) is 1.66. The van der Waals surface area contributed by atoms with Gasteiger partial charge in [0, 0.05) is 18.6 Å². The van der Waals surface area contributed by atoms with E-state index in [0.717, 1.165) is 24.6 Å². The third-order valence-electron chi connectivity index (χ3n) is 4.98. The van der Waals surface area contributed by atoms with Gasteiger partial charge < -0.3 is 10.5 Å². The molecule has 3 heteroatoms. The Hall–Kier alpha value is -1.06. The number of hydrogen-bond acceptors (Lipinski definition) is 3. The SMILES string of the molecule is COc1ccc(CCC(C)N2CCCC(C)C2CN)cc1. The zero-order valence-electron chi connectivity index (χ0n) is 13.7. The van der Waals surface area contributed by atoms with Crippen molar-refractivity contribution < 1.29 is 4.74 Å². The number of likely N-dealkylation sites (tertiary alicyclic amines) is 1. The number of methoxy groups -OCH3 is 1. The van der Waals surface area contributed by atoms with Crippen molar-refractivity contribution in [1.82, 2.24) is 4.90 Å². The number of piperidine rings is 1. The van der Waals surface area contributed by atoms with Crippen molar-refractivity contribution in [2.24, 2.45) is 11.7 Å². The molecule has 2 N–H and O–H groups in total.